The molecule has 6 nitrogen and oxygen atoms in total. The zero-order valence-corrected chi connectivity index (χ0v) is 10.7. The Morgan fingerprint density at radius 1 is 1.35 bits per heavy atom. The smallest absolute Gasteiger partial charge is 0.273 e. The van der Waals surface area contributed by atoms with E-state index in [0.717, 1.165) is 0 Å². The highest BCUT2D eigenvalue weighted by molar-refractivity contribution is 9.10. The second-order valence-corrected chi connectivity index (χ2v) is 3.98. The van der Waals surface area contributed by atoms with Crippen LogP contribution in [0.1, 0.15) is 0 Å². The van der Waals surface area contributed by atoms with Crippen molar-refractivity contribution in [2.75, 3.05) is 26.4 Å². The van der Waals surface area contributed by atoms with Gasteiger partial charge in [-0.2, -0.15) is 0 Å². The van der Waals surface area contributed by atoms with E-state index in [9.17, 15) is 10.1 Å². The fourth-order valence-corrected chi connectivity index (χ4v) is 1.47. The summed E-state index contributed by atoms with van der Waals surface area (Å²) in [6, 6.07) is 4.35. The van der Waals surface area contributed by atoms with Crippen LogP contribution in [0.5, 0.6) is 5.75 Å². The molecule has 7 heteroatoms. The lowest BCUT2D eigenvalue weighted by molar-refractivity contribution is -0.385. The van der Waals surface area contributed by atoms with Gasteiger partial charge in [0.25, 0.3) is 5.69 Å². The highest BCUT2D eigenvalue weighted by Gasteiger charge is 2.10. The standard InChI is InChI=1S/C10H13BrN2O4/c11-9-2-1-8(13(14)15)7-10(9)17-6-5-16-4-3-12/h1-2,7H,3-6,12H2. The van der Waals surface area contributed by atoms with Crippen molar-refractivity contribution in [1.82, 2.24) is 0 Å². The summed E-state index contributed by atoms with van der Waals surface area (Å²) in [4.78, 5) is 10.1. The summed E-state index contributed by atoms with van der Waals surface area (Å²) in [5.74, 6) is 0.426. The fraction of sp³-hybridized carbons (Fsp3) is 0.400. The summed E-state index contributed by atoms with van der Waals surface area (Å²) in [6.07, 6.45) is 0. The molecule has 0 saturated carbocycles. The summed E-state index contributed by atoms with van der Waals surface area (Å²) in [5.41, 5.74) is 5.24. The molecule has 94 valence electrons. The molecule has 0 atom stereocenters. The van der Waals surface area contributed by atoms with Crippen LogP contribution in [0, 0.1) is 10.1 Å². The van der Waals surface area contributed by atoms with Crippen molar-refractivity contribution in [2.45, 2.75) is 0 Å². The summed E-state index contributed by atoms with van der Waals surface area (Å²) < 4.78 is 11.1. The third kappa shape index (κ3) is 4.68. The van der Waals surface area contributed by atoms with Crippen molar-refractivity contribution in [2.24, 2.45) is 5.73 Å². The molecule has 0 aliphatic rings. The summed E-state index contributed by atoms with van der Waals surface area (Å²) >= 11 is 3.25. The Bertz CT molecular complexity index is 387. The molecule has 0 unspecified atom stereocenters. The SMILES string of the molecule is NCCOCCOc1cc([N+](=O)[O-])ccc1Br. The molecule has 1 rings (SSSR count). The zero-order valence-electron chi connectivity index (χ0n) is 9.10. The topological polar surface area (TPSA) is 87.6 Å². The number of nitrogens with zero attached hydrogens (tertiary/aromatic N) is 1. The van der Waals surface area contributed by atoms with Gasteiger partial charge in [0.15, 0.2) is 0 Å². The van der Waals surface area contributed by atoms with Crippen LogP contribution < -0.4 is 10.5 Å². The van der Waals surface area contributed by atoms with Crippen LogP contribution >= 0.6 is 15.9 Å². The Morgan fingerprint density at radius 3 is 2.76 bits per heavy atom. The van der Waals surface area contributed by atoms with Crippen molar-refractivity contribution in [3.8, 4) is 5.75 Å². The zero-order chi connectivity index (χ0) is 12.7. The molecule has 0 spiro atoms. The lowest BCUT2D eigenvalue weighted by Gasteiger charge is -2.08. The van der Waals surface area contributed by atoms with Crippen molar-refractivity contribution >= 4 is 21.6 Å². The van der Waals surface area contributed by atoms with Gasteiger partial charge >= 0.3 is 0 Å². The largest absolute Gasteiger partial charge is 0.490 e. The Balaban J connectivity index is 2.51. The number of nitro groups is 1. The van der Waals surface area contributed by atoms with E-state index in [2.05, 4.69) is 15.9 Å². The summed E-state index contributed by atoms with van der Waals surface area (Å²) in [5, 5.41) is 10.6. The number of non-ortho nitro benzene ring substituents is 1. The molecule has 0 bridgehead atoms. The monoisotopic (exact) mass is 304 g/mol. The van der Waals surface area contributed by atoms with Crippen LogP contribution in [0.4, 0.5) is 5.69 Å². The van der Waals surface area contributed by atoms with E-state index in [-0.39, 0.29) is 5.69 Å². The lowest BCUT2D eigenvalue weighted by Crippen LogP contribution is -2.13. The fourth-order valence-electron chi connectivity index (χ4n) is 1.11. The average molecular weight is 305 g/mol. The van der Waals surface area contributed by atoms with E-state index in [4.69, 9.17) is 15.2 Å². The Kier molecular flexibility index (Phi) is 5.88. The molecule has 17 heavy (non-hydrogen) atoms. The molecule has 0 fully saturated rings. The van der Waals surface area contributed by atoms with Crippen molar-refractivity contribution in [3.05, 3.63) is 32.8 Å². The molecule has 0 saturated heterocycles. The first-order chi connectivity index (χ1) is 8.15. The van der Waals surface area contributed by atoms with Gasteiger partial charge in [0.2, 0.25) is 0 Å². The summed E-state index contributed by atoms with van der Waals surface area (Å²) in [6.45, 7) is 1.64. The quantitative estimate of drug-likeness (QED) is 0.471. The highest BCUT2D eigenvalue weighted by atomic mass is 79.9. The number of ether oxygens (including phenoxy) is 2. The van der Waals surface area contributed by atoms with Crippen LogP contribution in [-0.4, -0.2) is 31.3 Å². The first-order valence-corrected chi connectivity index (χ1v) is 5.79. The molecule has 0 aliphatic carbocycles. The van der Waals surface area contributed by atoms with Gasteiger partial charge in [0.05, 0.1) is 28.7 Å². The number of nitrogens with two attached hydrogens (primary N) is 1. The van der Waals surface area contributed by atoms with E-state index in [1.165, 1.54) is 12.1 Å². The van der Waals surface area contributed by atoms with E-state index in [1.807, 2.05) is 0 Å². The maximum absolute atomic E-state index is 10.6. The van der Waals surface area contributed by atoms with Gasteiger partial charge in [-0.1, -0.05) is 0 Å². The van der Waals surface area contributed by atoms with Gasteiger partial charge in [-0.05, 0) is 22.0 Å². The molecule has 0 aromatic heterocycles. The van der Waals surface area contributed by atoms with E-state index in [0.29, 0.717) is 36.6 Å². The van der Waals surface area contributed by atoms with Gasteiger partial charge < -0.3 is 15.2 Å². The van der Waals surface area contributed by atoms with Gasteiger partial charge in [0, 0.05) is 12.6 Å². The van der Waals surface area contributed by atoms with Crippen molar-refractivity contribution in [1.29, 1.82) is 0 Å². The minimum Gasteiger partial charge on any atom is -0.490 e. The predicted molar refractivity (Wildman–Crippen MR) is 66.2 cm³/mol. The van der Waals surface area contributed by atoms with Gasteiger partial charge in [-0.25, -0.2) is 0 Å². The number of benzene rings is 1. The minimum atomic E-state index is -0.468. The number of hydrogen-bond acceptors (Lipinski definition) is 5. The molecule has 1 aromatic rings. The van der Waals surface area contributed by atoms with Crippen LogP contribution in [0.15, 0.2) is 22.7 Å². The number of nitro benzene ring substituents is 1. The predicted octanol–water partition coefficient (Wildman–Crippen LogP) is 1.71. The molecule has 0 amide bonds. The van der Waals surface area contributed by atoms with Crippen LogP contribution in [-0.2, 0) is 4.74 Å². The third-order valence-corrected chi connectivity index (χ3v) is 2.53. The van der Waals surface area contributed by atoms with Gasteiger partial charge in [-0.15, -0.1) is 0 Å². The van der Waals surface area contributed by atoms with Crippen molar-refractivity contribution < 1.29 is 14.4 Å². The number of rotatable bonds is 7. The van der Waals surface area contributed by atoms with E-state index >= 15 is 0 Å². The second kappa shape index (κ2) is 7.21. The molecule has 1 aromatic carbocycles. The van der Waals surface area contributed by atoms with Gasteiger partial charge in [-0.3, -0.25) is 10.1 Å². The Labute approximate surface area is 107 Å². The van der Waals surface area contributed by atoms with E-state index in [1.54, 1.807) is 6.07 Å². The molecule has 2 N–H and O–H groups in total. The maximum Gasteiger partial charge on any atom is 0.273 e. The van der Waals surface area contributed by atoms with Crippen LogP contribution in [0.2, 0.25) is 0 Å². The van der Waals surface area contributed by atoms with Gasteiger partial charge in [0.1, 0.15) is 12.4 Å². The molecular weight excluding hydrogens is 292 g/mol. The first kappa shape index (κ1) is 13.9. The Morgan fingerprint density at radius 2 is 2.12 bits per heavy atom. The van der Waals surface area contributed by atoms with Crippen LogP contribution in [0.25, 0.3) is 0 Å². The highest BCUT2D eigenvalue weighted by Crippen LogP contribution is 2.29. The molecular formula is C10H13BrN2O4. The molecule has 0 radical (unpaired) electrons. The normalized spacial score (nSPS) is 10.2. The Hall–Kier alpha value is -1.18. The molecule has 0 aliphatic heterocycles. The molecule has 0 heterocycles. The lowest BCUT2D eigenvalue weighted by atomic mass is 10.3. The van der Waals surface area contributed by atoms with E-state index < -0.39 is 4.92 Å². The first-order valence-electron chi connectivity index (χ1n) is 4.99. The maximum atomic E-state index is 10.6. The average Bonchev–Trinajstić information content (AvgIpc) is 2.30. The van der Waals surface area contributed by atoms with Crippen LogP contribution in [0.3, 0.4) is 0 Å². The number of halogens is 1. The number of hydrogen-bond donors (Lipinski definition) is 1. The third-order valence-electron chi connectivity index (χ3n) is 1.87. The van der Waals surface area contributed by atoms with Crippen molar-refractivity contribution in [3.63, 3.8) is 0 Å². The summed E-state index contributed by atoms with van der Waals surface area (Å²) in [7, 11) is 0. The second-order valence-electron chi connectivity index (χ2n) is 3.12. The minimum absolute atomic E-state index is 0.00826.